The molecule has 5 rings (SSSR count). The molecule has 2 amide bonds. The first-order valence-corrected chi connectivity index (χ1v) is 12.5. The van der Waals surface area contributed by atoms with Crippen molar-refractivity contribution in [3.63, 3.8) is 0 Å². The number of aromatic carboxylic acids is 1. The molecule has 0 unspecified atom stereocenters. The van der Waals surface area contributed by atoms with E-state index in [9.17, 15) is 22.8 Å². The van der Waals surface area contributed by atoms with Gasteiger partial charge in [-0.25, -0.2) is 9.59 Å². The molecule has 2 aliphatic rings. The van der Waals surface area contributed by atoms with Crippen LogP contribution in [0.2, 0.25) is 0 Å². The van der Waals surface area contributed by atoms with Gasteiger partial charge in [0.2, 0.25) is 0 Å². The van der Waals surface area contributed by atoms with Crippen molar-refractivity contribution in [2.45, 2.75) is 50.7 Å². The summed E-state index contributed by atoms with van der Waals surface area (Å²) in [4.78, 5) is 25.3. The molecule has 0 radical (unpaired) electrons. The number of hydrogen-bond acceptors (Lipinski definition) is 6. The van der Waals surface area contributed by atoms with Crippen LogP contribution in [0.4, 0.5) is 23.7 Å². The lowest BCUT2D eigenvalue weighted by Crippen LogP contribution is -2.43. The third-order valence-electron chi connectivity index (χ3n) is 6.71. The summed E-state index contributed by atoms with van der Waals surface area (Å²) in [5, 5.41) is 15.9. The van der Waals surface area contributed by atoms with Gasteiger partial charge in [-0.1, -0.05) is 17.3 Å². The summed E-state index contributed by atoms with van der Waals surface area (Å²) in [6.45, 7) is 0.994. The molecular weight excluding hydrogens is 519 g/mol. The molecule has 12 heteroatoms. The Labute approximate surface area is 221 Å². The number of carbonyl (C=O) groups is 2. The molecule has 1 aliphatic heterocycles. The number of carbonyl (C=O) groups excluding carboxylic acids is 1. The van der Waals surface area contributed by atoms with Gasteiger partial charge in [0.15, 0.2) is 0 Å². The minimum Gasteiger partial charge on any atom is -0.478 e. The summed E-state index contributed by atoms with van der Waals surface area (Å²) in [7, 11) is 0. The molecule has 3 aromatic rings. The van der Waals surface area contributed by atoms with Gasteiger partial charge in [0.25, 0.3) is 0 Å². The number of halogens is 3. The summed E-state index contributed by atoms with van der Waals surface area (Å²) < 4.78 is 54.9. The highest BCUT2D eigenvalue weighted by Crippen LogP contribution is 2.45. The van der Waals surface area contributed by atoms with Crippen molar-refractivity contribution in [1.29, 1.82) is 0 Å². The van der Waals surface area contributed by atoms with Crippen LogP contribution < -0.4 is 10.1 Å². The van der Waals surface area contributed by atoms with Crippen LogP contribution in [0.15, 0.2) is 53.1 Å². The van der Waals surface area contributed by atoms with Gasteiger partial charge in [0.05, 0.1) is 18.3 Å². The molecule has 2 aromatic carbocycles. The van der Waals surface area contributed by atoms with Gasteiger partial charge < -0.3 is 29.3 Å². The highest BCUT2D eigenvalue weighted by Gasteiger charge is 2.36. The average molecular weight is 546 g/mol. The van der Waals surface area contributed by atoms with E-state index >= 15 is 0 Å². The Hall–Kier alpha value is -4.06. The fourth-order valence-corrected chi connectivity index (χ4v) is 4.54. The number of para-hydroxylation sites is 1. The van der Waals surface area contributed by atoms with E-state index in [4.69, 9.17) is 14.4 Å². The van der Waals surface area contributed by atoms with E-state index < -0.39 is 12.3 Å². The van der Waals surface area contributed by atoms with E-state index in [2.05, 4.69) is 15.2 Å². The lowest BCUT2D eigenvalue weighted by atomic mass is 10.0. The predicted octanol–water partition coefficient (Wildman–Crippen LogP) is 6.03. The first-order chi connectivity index (χ1) is 18.7. The molecule has 0 atom stereocenters. The number of piperidine rings is 1. The summed E-state index contributed by atoms with van der Waals surface area (Å²) in [5.41, 5.74) is 1.67. The number of benzene rings is 2. The molecule has 1 saturated carbocycles. The molecular formula is C27H26F3N3O6. The summed E-state index contributed by atoms with van der Waals surface area (Å²) in [5.74, 6) is -0.622. The smallest absolute Gasteiger partial charge is 0.478 e. The molecule has 39 heavy (non-hydrogen) atoms. The first kappa shape index (κ1) is 26.5. The van der Waals surface area contributed by atoms with Gasteiger partial charge in [0, 0.05) is 35.8 Å². The number of hydrogen-bond donors (Lipinski definition) is 2. The number of likely N-dealkylation sites (tertiary alicyclic amines) is 1. The third kappa shape index (κ3) is 6.51. The van der Waals surface area contributed by atoms with Crippen molar-refractivity contribution in [3.05, 3.63) is 65.4 Å². The second-order valence-corrected chi connectivity index (χ2v) is 9.50. The maximum Gasteiger partial charge on any atom is 0.573 e. The summed E-state index contributed by atoms with van der Waals surface area (Å²) >= 11 is 0. The van der Waals surface area contributed by atoms with Gasteiger partial charge in [-0.15, -0.1) is 13.2 Å². The number of aromatic nitrogens is 1. The van der Waals surface area contributed by atoms with Gasteiger partial charge in [-0.05, 0) is 62.1 Å². The van der Waals surface area contributed by atoms with Gasteiger partial charge in [-0.2, -0.15) is 0 Å². The summed E-state index contributed by atoms with van der Waals surface area (Å²) in [6, 6.07) is 11.4. The van der Waals surface area contributed by atoms with Crippen molar-refractivity contribution in [2.75, 3.05) is 18.4 Å². The SMILES string of the molecule is O=C(O)c1ccc(NC(=O)N2CCC(OCc3c(-c4ccccc4OC(F)(F)F)noc3C3CC3)CC2)cc1. The number of alkyl halides is 3. The Kier molecular flexibility index (Phi) is 7.47. The van der Waals surface area contributed by atoms with Crippen LogP contribution in [-0.4, -0.2) is 52.7 Å². The zero-order valence-electron chi connectivity index (χ0n) is 20.7. The van der Waals surface area contributed by atoms with Crippen molar-refractivity contribution < 1.29 is 41.9 Å². The Balaban J connectivity index is 1.21. The monoisotopic (exact) mass is 545 g/mol. The zero-order chi connectivity index (χ0) is 27.6. The second kappa shape index (κ2) is 11.0. The van der Waals surface area contributed by atoms with Crippen molar-refractivity contribution in [2.24, 2.45) is 0 Å². The van der Waals surface area contributed by atoms with Crippen LogP contribution in [0.1, 0.15) is 53.3 Å². The summed E-state index contributed by atoms with van der Waals surface area (Å²) in [6.07, 6.45) is -2.06. The minimum absolute atomic E-state index is 0.109. The Morgan fingerprint density at radius 3 is 2.38 bits per heavy atom. The Morgan fingerprint density at radius 2 is 1.74 bits per heavy atom. The topological polar surface area (TPSA) is 114 Å². The zero-order valence-corrected chi connectivity index (χ0v) is 20.7. The van der Waals surface area contributed by atoms with Gasteiger partial charge >= 0.3 is 18.4 Å². The number of nitrogens with zero attached hydrogens (tertiary/aromatic N) is 2. The molecule has 0 spiro atoms. The molecule has 9 nitrogen and oxygen atoms in total. The quantitative estimate of drug-likeness (QED) is 0.355. The molecule has 1 aromatic heterocycles. The molecule has 2 N–H and O–H groups in total. The fourth-order valence-electron chi connectivity index (χ4n) is 4.54. The number of carboxylic acids is 1. The van der Waals surface area contributed by atoms with Crippen LogP contribution in [-0.2, 0) is 11.3 Å². The normalized spacial score (nSPS) is 16.2. The average Bonchev–Trinajstić information content (AvgIpc) is 3.66. The van der Waals surface area contributed by atoms with Crippen LogP contribution >= 0.6 is 0 Å². The van der Waals surface area contributed by atoms with E-state index in [1.807, 2.05) is 0 Å². The van der Waals surface area contributed by atoms with Crippen LogP contribution in [0, 0.1) is 0 Å². The number of rotatable bonds is 8. The van der Waals surface area contributed by atoms with E-state index in [1.165, 1.54) is 42.5 Å². The molecule has 1 saturated heterocycles. The maximum absolute atomic E-state index is 13.0. The minimum atomic E-state index is -4.85. The highest BCUT2D eigenvalue weighted by atomic mass is 19.4. The van der Waals surface area contributed by atoms with Crippen molar-refractivity contribution in [3.8, 4) is 17.0 Å². The Morgan fingerprint density at radius 1 is 1.05 bits per heavy atom. The number of anilines is 1. The third-order valence-corrected chi connectivity index (χ3v) is 6.71. The first-order valence-electron chi connectivity index (χ1n) is 12.5. The molecule has 2 fully saturated rings. The molecule has 1 aliphatic carbocycles. The predicted molar refractivity (Wildman–Crippen MR) is 132 cm³/mol. The van der Waals surface area contributed by atoms with E-state index in [1.54, 1.807) is 11.0 Å². The van der Waals surface area contributed by atoms with Crippen LogP contribution in [0.25, 0.3) is 11.3 Å². The van der Waals surface area contributed by atoms with E-state index in [-0.39, 0.29) is 47.2 Å². The molecule has 0 bridgehead atoms. The van der Waals surface area contributed by atoms with Crippen molar-refractivity contribution >= 4 is 17.7 Å². The van der Waals surface area contributed by atoms with Crippen LogP contribution in [0.3, 0.4) is 0 Å². The number of carboxylic acid groups (broad SMARTS) is 1. The molecule has 206 valence electrons. The lowest BCUT2D eigenvalue weighted by Gasteiger charge is -2.32. The van der Waals surface area contributed by atoms with Crippen LogP contribution in [0.5, 0.6) is 5.75 Å². The number of urea groups is 1. The second-order valence-electron chi connectivity index (χ2n) is 9.50. The Bertz CT molecular complexity index is 1330. The van der Waals surface area contributed by atoms with Crippen molar-refractivity contribution in [1.82, 2.24) is 10.1 Å². The maximum atomic E-state index is 13.0. The largest absolute Gasteiger partial charge is 0.573 e. The number of amides is 2. The number of ether oxygens (including phenoxy) is 2. The van der Waals surface area contributed by atoms with E-state index in [0.29, 0.717) is 42.9 Å². The van der Waals surface area contributed by atoms with Gasteiger partial charge in [-0.3, -0.25) is 0 Å². The van der Waals surface area contributed by atoms with Gasteiger partial charge in [0.1, 0.15) is 17.2 Å². The highest BCUT2D eigenvalue weighted by molar-refractivity contribution is 5.91. The number of nitrogens with one attached hydrogen (secondary N) is 1. The van der Waals surface area contributed by atoms with E-state index in [0.717, 1.165) is 12.8 Å². The standard InChI is InChI=1S/C27H26F3N3O6/c28-27(29,30)38-22-4-2-1-3-20(22)23-21(24(39-32-23)16-5-6-16)15-37-19-11-13-33(14-12-19)26(36)31-18-9-7-17(8-10-18)25(34)35/h1-4,7-10,16,19H,5-6,11-15H2,(H,31,36)(H,34,35). The lowest BCUT2D eigenvalue weighted by molar-refractivity contribution is -0.274. The fraction of sp³-hybridized carbons (Fsp3) is 0.370. The molecule has 2 heterocycles.